The van der Waals surface area contributed by atoms with E-state index >= 15 is 0 Å². The first-order valence-corrected chi connectivity index (χ1v) is 8.80. The van der Waals surface area contributed by atoms with Crippen molar-refractivity contribution in [1.29, 1.82) is 0 Å². The molecule has 2 rings (SSSR count). The Kier molecular flexibility index (Phi) is 6.52. The molecule has 1 aromatic carbocycles. The average molecular weight is 364 g/mol. The lowest BCUT2D eigenvalue weighted by molar-refractivity contribution is -0.136. The number of thiophene rings is 1. The maximum Gasteiger partial charge on any atom is 0.317 e. The monoisotopic (exact) mass is 364 g/mol. The number of nitrogens with one attached hydrogen (secondary N) is 1. The van der Waals surface area contributed by atoms with E-state index in [1.165, 1.54) is 17.4 Å². The van der Waals surface area contributed by atoms with E-state index in [1.54, 1.807) is 23.1 Å². The van der Waals surface area contributed by atoms with Gasteiger partial charge in [0.15, 0.2) is 0 Å². The minimum Gasteiger partial charge on any atom is -0.481 e. The minimum absolute atomic E-state index is 0.0520. The number of carboxylic acids is 1. The number of carbonyl (C=O) groups excluding carboxylic acids is 1. The van der Waals surface area contributed by atoms with Crippen molar-refractivity contribution in [1.82, 2.24) is 10.2 Å². The summed E-state index contributed by atoms with van der Waals surface area (Å²) in [6, 6.07) is 9.95. The molecule has 0 saturated carbocycles. The van der Waals surface area contributed by atoms with Gasteiger partial charge in [-0.15, -0.1) is 11.3 Å². The second kappa shape index (κ2) is 8.62. The third kappa shape index (κ3) is 5.29. The van der Waals surface area contributed by atoms with Crippen molar-refractivity contribution in [3.63, 3.8) is 0 Å². The van der Waals surface area contributed by atoms with Crippen molar-refractivity contribution >= 4 is 23.3 Å². The molecule has 2 N–H and O–H groups in total. The lowest BCUT2D eigenvalue weighted by atomic mass is 10.2. The van der Waals surface area contributed by atoms with Gasteiger partial charge < -0.3 is 15.3 Å². The van der Waals surface area contributed by atoms with Crippen LogP contribution in [0.25, 0.3) is 10.4 Å². The molecule has 5 nitrogen and oxygen atoms in total. The molecule has 7 heteroatoms. The Morgan fingerprint density at radius 3 is 2.60 bits per heavy atom. The van der Waals surface area contributed by atoms with Crippen molar-refractivity contribution in [2.45, 2.75) is 32.9 Å². The standard InChI is InChI=1S/C18H21FN2O3S/c1-12(2)21(18(24)20-10-9-17(22)23)11-13-7-8-16(25-13)14-5-3-4-6-15(14)19/h3-8,12H,9-11H2,1-2H3,(H,20,24)(H,22,23). The van der Waals surface area contributed by atoms with Crippen molar-refractivity contribution in [2.24, 2.45) is 0 Å². The van der Waals surface area contributed by atoms with E-state index in [1.807, 2.05) is 26.0 Å². The quantitative estimate of drug-likeness (QED) is 0.782. The van der Waals surface area contributed by atoms with Crippen LogP contribution in [0.2, 0.25) is 0 Å². The van der Waals surface area contributed by atoms with E-state index in [2.05, 4.69) is 5.32 Å². The third-order valence-electron chi connectivity index (χ3n) is 3.63. The number of aliphatic carboxylic acids is 1. The molecule has 0 unspecified atom stereocenters. The molecule has 0 radical (unpaired) electrons. The lowest BCUT2D eigenvalue weighted by Gasteiger charge is -2.26. The summed E-state index contributed by atoms with van der Waals surface area (Å²) in [5.74, 6) is -1.23. The van der Waals surface area contributed by atoms with Crippen LogP contribution in [0.5, 0.6) is 0 Å². The summed E-state index contributed by atoms with van der Waals surface area (Å²) >= 11 is 1.44. The van der Waals surface area contributed by atoms with Gasteiger partial charge in [-0.25, -0.2) is 9.18 Å². The maximum absolute atomic E-state index is 13.9. The Labute approximate surface area is 150 Å². The van der Waals surface area contributed by atoms with Crippen LogP contribution in [-0.4, -0.2) is 34.6 Å². The molecule has 2 amide bonds. The molecule has 0 aliphatic heterocycles. The van der Waals surface area contributed by atoms with Gasteiger partial charge in [-0.1, -0.05) is 18.2 Å². The highest BCUT2D eigenvalue weighted by atomic mass is 32.1. The summed E-state index contributed by atoms with van der Waals surface area (Å²) in [5.41, 5.74) is 0.542. The Morgan fingerprint density at radius 2 is 1.96 bits per heavy atom. The van der Waals surface area contributed by atoms with Gasteiger partial charge in [0, 0.05) is 27.9 Å². The normalized spacial score (nSPS) is 10.7. The highest BCUT2D eigenvalue weighted by Crippen LogP contribution is 2.30. The number of carboxylic acid groups (broad SMARTS) is 1. The SMILES string of the molecule is CC(C)N(Cc1ccc(-c2ccccc2F)s1)C(=O)NCCC(=O)O. The number of halogens is 1. The van der Waals surface area contributed by atoms with Crippen LogP contribution >= 0.6 is 11.3 Å². The second-order valence-electron chi connectivity index (χ2n) is 5.84. The van der Waals surface area contributed by atoms with Crippen molar-refractivity contribution < 1.29 is 19.1 Å². The van der Waals surface area contributed by atoms with Crippen LogP contribution in [0, 0.1) is 5.82 Å². The summed E-state index contributed by atoms with van der Waals surface area (Å²) < 4.78 is 13.9. The van der Waals surface area contributed by atoms with Gasteiger partial charge in [-0.3, -0.25) is 4.79 Å². The van der Waals surface area contributed by atoms with Gasteiger partial charge in [0.25, 0.3) is 0 Å². The molecule has 0 atom stereocenters. The number of amides is 2. The molecule has 0 aliphatic rings. The predicted molar refractivity (Wildman–Crippen MR) is 96.0 cm³/mol. The molecule has 0 fully saturated rings. The zero-order valence-electron chi connectivity index (χ0n) is 14.2. The van der Waals surface area contributed by atoms with Crippen molar-refractivity contribution in [3.8, 4) is 10.4 Å². The van der Waals surface area contributed by atoms with Gasteiger partial charge in [0.05, 0.1) is 13.0 Å². The molecule has 0 spiro atoms. The van der Waals surface area contributed by atoms with Gasteiger partial charge in [-0.2, -0.15) is 0 Å². The first-order valence-electron chi connectivity index (χ1n) is 7.98. The summed E-state index contributed by atoms with van der Waals surface area (Å²) in [6.45, 7) is 4.25. The molecule has 1 heterocycles. The first kappa shape index (κ1) is 18.9. The molecular formula is C18H21FN2O3S. The molecule has 134 valence electrons. The zero-order chi connectivity index (χ0) is 18.4. The van der Waals surface area contributed by atoms with Crippen LogP contribution in [0.3, 0.4) is 0 Å². The fourth-order valence-electron chi connectivity index (χ4n) is 2.30. The molecular weight excluding hydrogens is 343 g/mol. The number of urea groups is 1. The van der Waals surface area contributed by atoms with E-state index in [0.29, 0.717) is 12.1 Å². The van der Waals surface area contributed by atoms with Crippen molar-refractivity contribution in [3.05, 3.63) is 47.1 Å². The fraction of sp³-hybridized carbons (Fsp3) is 0.333. The van der Waals surface area contributed by atoms with Crippen molar-refractivity contribution in [2.75, 3.05) is 6.54 Å². The smallest absolute Gasteiger partial charge is 0.317 e. The third-order valence-corrected chi connectivity index (χ3v) is 4.73. The minimum atomic E-state index is -0.954. The first-order chi connectivity index (χ1) is 11.9. The molecule has 1 aromatic heterocycles. The van der Waals surface area contributed by atoms with E-state index in [4.69, 9.17) is 5.11 Å². The summed E-state index contributed by atoms with van der Waals surface area (Å²) in [6.07, 6.45) is -0.117. The highest BCUT2D eigenvalue weighted by Gasteiger charge is 2.18. The Morgan fingerprint density at radius 1 is 1.24 bits per heavy atom. The van der Waals surface area contributed by atoms with Crippen LogP contribution in [0.1, 0.15) is 25.1 Å². The number of nitrogens with zero attached hydrogens (tertiary/aromatic N) is 1. The van der Waals surface area contributed by atoms with E-state index in [0.717, 1.165) is 9.75 Å². The molecule has 0 aliphatic carbocycles. The maximum atomic E-state index is 13.9. The zero-order valence-corrected chi connectivity index (χ0v) is 15.0. The van der Waals surface area contributed by atoms with Gasteiger partial charge in [-0.05, 0) is 32.0 Å². The Balaban J connectivity index is 2.06. The van der Waals surface area contributed by atoms with Gasteiger partial charge >= 0.3 is 12.0 Å². The predicted octanol–water partition coefficient (Wildman–Crippen LogP) is 3.95. The number of carbonyl (C=O) groups is 2. The number of hydrogen-bond acceptors (Lipinski definition) is 3. The Hall–Kier alpha value is -2.41. The molecule has 0 saturated heterocycles. The Bertz CT molecular complexity index is 745. The van der Waals surface area contributed by atoms with Gasteiger partial charge in [0.2, 0.25) is 0 Å². The van der Waals surface area contributed by atoms with Crippen LogP contribution < -0.4 is 5.32 Å². The highest BCUT2D eigenvalue weighted by molar-refractivity contribution is 7.15. The van der Waals surface area contributed by atoms with E-state index < -0.39 is 5.97 Å². The van der Waals surface area contributed by atoms with E-state index in [-0.39, 0.29) is 30.9 Å². The number of rotatable bonds is 7. The fourth-order valence-corrected chi connectivity index (χ4v) is 3.34. The summed E-state index contributed by atoms with van der Waals surface area (Å²) in [5, 5.41) is 11.3. The number of benzene rings is 1. The van der Waals surface area contributed by atoms with Crippen LogP contribution in [0.4, 0.5) is 9.18 Å². The van der Waals surface area contributed by atoms with Crippen LogP contribution in [-0.2, 0) is 11.3 Å². The largest absolute Gasteiger partial charge is 0.481 e. The lowest BCUT2D eigenvalue weighted by Crippen LogP contribution is -2.43. The summed E-state index contributed by atoms with van der Waals surface area (Å²) in [4.78, 5) is 26.2. The molecule has 25 heavy (non-hydrogen) atoms. The second-order valence-corrected chi connectivity index (χ2v) is 7.01. The van der Waals surface area contributed by atoms with Gasteiger partial charge in [0.1, 0.15) is 5.82 Å². The number of hydrogen-bond donors (Lipinski definition) is 2. The topological polar surface area (TPSA) is 69.6 Å². The molecule has 0 bridgehead atoms. The summed E-state index contributed by atoms with van der Waals surface area (Å²) in [7, 11) is 0. The average Bonchev–Trinajstić information content (AvgIpc) is 3.00. The van der Waals surface area contributed by atoms with E-state index in [9.17, 15) is 14.0 Å². The molecule has 2 aromatic rings. The van der Waals surface area contributed by atoms with Crippen LogP contribution in [0.15, 0.2) is 36.4 Å².